The molecule has 1 aromatic rings. The first-order valence-electron chi connectivity index (χ1n) is 6.72. The van der Waals surface area contributed by atoms with Gasteiger partial charge >= 0.3 is 5.97 Å². The van der Waals surface area contributed by atoms with E-state index in [2.05, 4.69) is 5.32 Å². The maximum atomic E-state index is 12.1. The van der Waals surface area contributed by atoms with Gasteiger partial charge in [0.1, 0.15) is 5.54 Å². The summed E-state index contributed by atoms with van der Waals surface area (Å²) in [6, 6.07) is 10.1. The molecule has 1 aliphatic heterocycles. The van der Waals surface area contributed by atoms with Gasteiger partial charge in [-0.15, -0.1) is 0 Å². The highest BCUT2D eigenvalue weighted by Crippen LogP contribution is 2.23. The van der Waals surface area contributed by atoms with Crippen LogP contribution in [0.15, 0.2) is 30.3 Å². The highest BCUT2D eigenvalue weighted by molar-refractivity contribution is 5.80. The number of rotatable bonds is 4. The summed E-state index contributed by atoms with van der Waals surface area (Å²) in [6.07, 6.45) is 2.29. The van der Waals surface area contributed by atoms with Crippen LogP contribution in [0.5, 0.6) is 0 Å². The minimum absolute atomic E-state index is 0.186. The Bertz CT molecular complexity index is 397. The summed E-state index contributed by atoms with van der Waals surface area (Å²) in [5, 5.41) is 3.39. The summed E-state index contributed by atoms with van der Waals surface area (Å²) < 4.78 is 10.4. The molecule has 19 heavy (non-hydrogen) atoms. The van der Waals surface area contributed by atoms with Crippen molar-refractivity contribution < 1.29 is 14.3 Å². The van der Waals surface area contributed by atoms with Crippen molar-refractivity contribution in [2.75, 3.05) is 20.3 Å². The van der Waals surface area contributed by atoms with E-state index in [0.717, 1.165) is 18.4 Å². The zero-order valence-corrected chi connectivity index (χ0v) is 11.4. The molecule has 0 amide bonds. The SMILES string of the molecule is COC(=O)C1(NCc2ccccc2)CCCOCC1. The van der Waals surface area contributed by atoms with Crippen LogP contribution in [0, 0.1) is 0 Å². The third-order valence-corrected chi connectivity index (χ3v) is 3.62. The molecule has 0 bridgehead atoms. The first-order chi connectivity index (χ1) is 9.27. The maximum Gasteiger partial charge on any atom is 0.326 e. The number of methoxy groups -OCH3 is 1. The molecule has 0 aromatic heterocycles. The Morgan fingerprint density at radius 2 is 2.11 bits per heavy atom. The summed E-state index contributed by atoms with van der Waals surface area (Å²) in [4.78, 5) is 12.1. The summed E-state index contributed by atoms with van der Waals surface area (Å²) in [5.74, 6) is -0.186. The number of carbonyl (C=O) groups is 1. The summed E-state index contributed by atoms with van der Waals surface area (Å²) in [6.45, 7) is 1.97. The molecule has 1 N–H and O–H groups in total. The van der Waals surface area contributed by atoms with Crippen LogP contribution in [0.25, 0.3) is 0 Å². The van der Waals surface area contributed by atoms with Gasteiger partial charge in [-0.2, -0.15) is 0 Å². The predicted molar refractivity (Wildman–Crippen MR) is 72.7 cm³/mol. The molecule has 1 saturated heterocycles. The van der Waals surface area contributed by atoms with E-state index in [-0.39, 0.29) is 5.97 Å². The van der Waals surface area contributed by atoms with E-state index in [0.29, 0.717) is 26.2 Å². The average molecular weight is 263 g/mol. The molecule has 1 aromatic carbocycles. The Labute approximate surface area is 114 Å². The highest BCUT2D eigenvalue weighted by Gasteiger charge is 2.39. The third-order valence-electron chi connectivity index (χ3n) is 3.62. The molecule has 0 aliphatic carbocycles. The summed E-state index contributed by atoms with van der Waals surface area (Å²) >= 11 is 0. The van der Waals surface area contributed by atoms with E-state index in [1.165, 1.54) is 7.11 Å². The number of carbonyl (C=O) groups excluding carboxylic acids is 1. The monoisotopic (exact) mass is 263 g/mol. The smallest absolute Gasteiger partial charge is 0.326 e. The number of esters is 1. The Kier molecular flexibility index (Phi) is 4.93. The van der Waals surface area contributed by atoms with Crippen molar-refractivity contribution in [2.45, 2.75) is 31.3 Å². The van der Waals surface area contributed by atoms with Gasteiger partial charge in [0.15, 0.2) is 0 Å². The molecule has 0 radical (unpaired) electrons. The lowest BCUT2D eigenvalue weighted by molar-refractivity contribution is -0.149. The van der Waals surface area contributed by atoms with Gasteiger partial charge in [0.05, 0.1) is 7.11 Å². The van der Waals surface area contributed by atoms with Crippen molar-refractivity contribution in [3.63, 3.8) is 0 Å². The van der Waals surface area contributed by atoms with Crippen LogP contribution in [0.2, 0.25) is 0 Å². The molecular weight excluding hydrogens is 242 g/mol. The highest BCUT2D eigenvalue weighted by atomic mass is 16.5. The Morgan fingerprint density at radius 3 is 2.84 bits per heavy atom. The number of ether oxygens (including phenoxy) is 2. The molecule has 4 heteroatoms. The van der Waals surface area contributed by atoms with E-state index in [9.17, 15) is 4.79 Å². The van der Waals surface area contributed by atoms with Crippen LogP contribution in [-0.4, -0.2) is 31.8 Å². The summed E-state index contributed by atoms with van der Waals surface area (Å²) in [7, 11) is 1.44. The van der Waals surface area contributed by atoms with Crippen LogP contribution in [0.3, 0.4) is 0 Å². The lowest BCUT2D eigenvalue weighted by atomic mass is 9.90. The Balaban J connectivity index is 2.07. The second-order valence-electron chi connectivity index (χ2n) is 4.88. The molecule has 0 spiro atoms. The third kappa shape index (κ3) is 3.55. The second-order valence-corrected chi connectivity index (χ2v) is 4.88. The van der Waals surface area contributed by atoms with Crippen LogP contribution in [0.1, 0.15) is 24.8 Å². The van der Waals surface area contributed by atoms with Crippen molar-refractivity contribution in [3.05, 3.63) is 35.9 Å². The van der Waals surface area contributed by atoms with Gasteiger partial charge in [-0.1, -0.05) is 30.3 Å². The fourth-order valence-electron chi connectivity index (χ4n) is 2.47. The molecule has 1 aliphatic rings. The molecular formula is C15H21NO3. The predicted octanol–water partition coefficient (Wildman–Crippen LogP) is 1.89. The second kappa shape index (κ2) is 6.68. The number of benzene rings is 1. The Morgan fingerprint density at radius 1 is 1.32 bits per heavy atom. The van der Waals surface area contributed by atoms with Crippen LogP contribution in [-0.2, 0) is 20.8 Å². The van der Waals surface area contributed by atoms with Gasteiger partial charge in [0.2, 0.25) is 0 Å². The summed E-state index contributed by atoms with van der Waals surface area (Å²) in [5.41, 5.74) is 0.553. The molecule has 1 atom stereocenters. The van der Waals surface area contributed by atoms with E-state index >= 15 is 0 Å². The molecule has 104 valence electrons. The van der Waals surface area contributed by atoms with Crippen LogP contribution < -0.4 is 5.32 Å². The maximum absolute atomic E-state index is 12.1. The molecule has 1 heterocycles. The first-order valence-corrected chi connectivity index (χ1v) is 6.72. The van der Waals surface area contributed by atoms with E-state index in [1.54, 1.807) is 0 Å². The number of hydrogen-bond donors (Lipinski definition) is 1. The minimum Gasteiger partial charge on any atom is -0.468 e. The molecule has 1 unspecified atom stereocenters. The lowest BCUT2D eigenvalue weighted by Gasteiger charge is -2.30. The quantitative estimate of drug-likeness (QED) is 0.843. The van der Waals surface area contributed by atoms with E-state index in [1.807, 2.05) is 30.3 Å². The largest absolute Gasteiger partial charge is 0.468 e. The van der Waals surface area contributed by atoms with Crippen molar-refractivity contribution in [2.24, 2.45) is 0 Å². The zero-order chi connectivity index (χ0) is 13.6. The van der Waals surface area contributed by atoms with Gasteiger partial charge in [-0.25, -0.2) is 0 Å². The number of hydrogen-bond acceptors (Lipinski definition) is 4. The fourth-order valence-corrected chi connectivity index (χ4v) is 2.47. The first kappa shape index (κ1) is 14.0. The topological polar surface area (TPSA) is 47.6 Å². The minimum atomic E-state index is -0.610. The molecule has 0 saturated carbocycles. The number of nitrogens with one attached hydrogen (secondary N) is 1. The van der Waals surface area contributed by atoms with Crippen molar-refractivity contribution in [3.8, 4) is 0 Å². The van der Waals surface area contributed by atoms with Crippen molar-refractivity contribution in [1.29, 1.82) is 0 Å². The molecule has 1 fully saturated rings. The van der Waals surface area contributed by atoms with Crippen molar-refractivity contribution >= 4 is 5.97 Å². The van der Waals surface area contributed by atoms with Gasteiger partial charge < -0.3 is 9.47 Å². The van der Waals surface area contributed by atoms with E-state index in [4.69, 9.17) is 9.47 Å². The van der Waals surface area contributed by atoms with Crippen LogP contribution in [0.4, 0.5) is 0 Å². The van der Waals surface area contributed by atoms with Crippen LogP contribution >= 0.6 is 0 Å². The molecule has 4 nitrogen and oxygen atoms in total. The lowest BCUT2D eigenvalue weighted by Crippen LogP contribution is -2.52. The standard InChI is InChI=1S/C15H21NO3/c1-18-14(17)15(8-5-10-19-11-9-15)16-12-13-6-3-2-4-7-13/h2-4,6-7,16H,5,8-12H2,1H3. The average Bonchev–Trinajstić information content (AvgIpc) is 2.72. The zero-order valence-electron chi connectivity index (χ0n) is 11.4. The van der Waals surface area contributed by atoms with E-state index < -0.39 is 5.54 Å². The van der Waals surface area contributed by atoms with Gasteiger partial charge in [0, 0.05) is 19.8 Å². The van der Waals surface area contributed by atoms with Crippen molar-refractivity contribution in [1.82, 2.24) is 5.32 Å². The molecule has 2 rings (SSSR count). The van der Waals surface area contributed by atoms with Gasteiger partial charge in [-0.3, -0.25) is 10.1 Å². The fraction of sp³-hybridized carbons (Fsp3) is 0.533. The van der Waals surface area contributed by atoms with Gasteiger partial charge in [-0.05, 0) is 24.8 Å². The normalized spacial score (nSPS) is 23.6. The Hall–Kier alpha value is -1.39. The van der Waals surface area contributed by atoms with Gasteiger partial charge in [0.25, 0.3) is 0 Å².